The van der Waals surface area contributed by atoms with Gasteiger partial charge in [-0.3, -0.25) is 0 Å². The number of rotatable bonds is 5. The minimum atomic E-state index is -7.26. The predicted molar refractivity (Wildman–Crippen MR) is 112 cm³/mol. The molecule has 11 nitrogen and oxygen atoms in total. The van der Waals surface area contributed by atoms with Crippen LogP contribution in [0.15, 0.2) is 48.5 Å². The second-order valence-corrected chi connectivity index (χ2v) is 16.4. The predicted octanol–water partition coefficient (Wildman–Crippen LogP) is 3.76. The van der Waals surface area contributed by atoms with Crippen LogP contribution in [0.4, 0.5) is 37.7 Å². The van der Waals surface area contributed by atoms with E-state index in [1.807, 2.05) is 0 Å². The molecule has 2 aromatic carbocycles. The number of alkyl halides is 6. The van der Waals surface area contributed by atoms with E-state index in [-0.39, 0.29) is 0 Å². The van der Waals surface area contributed by atoms with Crippen molar-refractivity contribution in [3.05, 3.63) is 75.9 Å². The second-order valence-electron chi connectivity index (χ2n) is 6.45. The van der Waals surface area contributed by atoms with E-state index in [0.717, 1.165) is 24.3 Å². The molecule has 20 heteroatoms. The Morgan fingerprint density at radius 1 is 0.686 bits per heavy atom. The van der Waals surface area contributed by atoms with Crippen LogP contribution in [0.3, 0.4) is 0 Å². The number of nitro benzene ring substituents is 2. The summed E-state index contributed by atoms with van der Waals surface area (Å²) in [4.78, 5) is 20.5. The van der Waals surface area contributed by atoms with Gasteiger partial charge in [-0.2, -0.15) is 0 Å². The van der Waals surface area contributed by atoms with E-state index >= 15 is 0 Å². The number of nitrogens with zero attached hydrogens (tertiary/aromatic N) is 3. The monoisotopic (exact) mass is 663 g/mol. The van der Waals surface area contributed by atoms with Gasteiger partial charge in [-0.1, -0.05) is 0 Å². The molecule has 0 spiro atoms. The molecule has 0 aliphatic carbocycles. The first-order valence-electron chi connectivity index (χ1n) is 8.45. The standard InChI is InChI=1S/C15H8F6IN3O8S2/c16-13(17)14(18,19)34(30,31)25(35(32,33)15(13,20)21)22(9-5-1-3-7-11(9)23(26)27)10-6-2-4-8-12(10)24(28)29/h1-8H. The first-order valence-corrected chi connectivity index (χ1v) is 14.5. The van der Waals surface area contributed by atoms with Gasteiger partial charge in [0, 0.05) is 0 Å². The molecule has 0 radical (unpaired) electrons. The summed E-state index contributed by atoms with van der Waals surface area (Å²) in [7, 11) is -14.5. The van der Waals surface area contributed by atoms with Crippen molar-refractivity contribution in [1.29, 1.82) is 0 Å². The number of para-hydroxylation sites is 2. The summed E-state index contributed by atoms with van der Waals surface area (Å²) < 4.78 is 132. The zero-order valence-electron chi connectivity index (χ0n) is 16.2. The van der Waals surface area contributed by atoms with Gasteiger partial charge >= 0.3 is 199 Å². The number of nitro groups is 2. The van der Waals surface area contributed by atoms with Gasteiger partial charge in [-0.25, -0.2) is 0 Å². The molecule has 192 valence electrons. The summed E-state index contributed by atoms with van der Waals surface area (Å²) in [6.07, 6.45) is 0. The van der Waals surface area contributed by atoms with Gasteiger partial charge in [-0.05, 0) is 0 Å². The van der Waals surface area contributed by atoms with Crippen LogP contribution >= 0.6 is 20.1 Å². The SMILES string of the molecule is O=[N+]([O-])c1ccccc1I(c1ccccc1[N+](=O)[O-])N1S(=O)(=O)C(F)(F)C(F)(F)C(F)(F)S1(=O)=O. The van der Waals surface area contributed by atoms with Gasteiger partial charge in [0.15, 0.2) is 0 Å². The van der Waals surface area contributed by atoms with E-state index in [2.05, 4.69) is 0 Å². The van der Waals surface area contributed by atoms with E-state index in [4.69, 9.17) is 0 Å². The Hall–Kier alpha value is -2.59. The van der Waals surface area contributed by atoms with E-state index in [1.54, 1.807) is 0 Å². The molecule has 0 amide bonds. The fourth-order valence-electron chi connectivity index (χ4n) is 2.75. The number of benzene rings is 2. The Balaban J connectivity index is 2.58. The van der Waals surface area contributed by atoms with Crippen molar-refractivity contribution in [3.63, 3.8) is 0 Å². The van der Waals surface area contributed by atoms with Crippen molar-refractivity contribution in [3.8, 4) is 0 Å². The van der Waals surface area contributed by atoms with Crippen LogP contribution in [-0.4, -0.2) is 45.0 Å². The van der Waals surface area contributed by atoms with E-state index in [0.29, 0.717) is 24.3 Å². The topological polar surface area (TPSA) is 158 Å². The molecular weight excluding hydrogens is 655 g/mol. The van der Waals surface area contributed by atoms with E-state index in [1.165, 1.54) is 0 Å². The molecule has 0 aromatic heterocycles. The zero-order valence-corrected chi connectivity index (χ0v) is 20.0. The molecule has 1 heterocycles. The van der Waals surface area contributed by atoms with Gasteiger partial charge in [0.2, 0.25) is 0 Å². The molecule has 1 aliphatic heterocycles. The molecule has 0 N–H and O–H groups in total. The Kier molecular flexibility index (Phi) is 6.35. The average Bonchev–Trinajstić information content (AvgIpc) is 2.75. The Morgan fingerprint density at radius 2 is 1.00 bits per heavy atom. The second kappa shape index (κ2) is 8.23. The summed E-state index contributed by atoms with van der Waals surface area (Å²) in [5.41, 5.74) is -2.35. The van der Waals surface area contributed by atoms with Crippen LogP contribution < -0.4 is 0 Å². The maximum absolute atomic E-state index is 14.4. The number of sulfonamides is 2. The van der Waals surface area contributed by atoms with Crippen molar-refractivity contribution in [1.82, 2.24) is 1.92 Å². The van der Waals surface area contributed by atoms with E-state index in [9.17, 15) is 63.4 Å². The summed E-state index contributed by atoms with van der Waals surface area (Å²) >= 11 is -5.47. The number of hydrogen-bond donors (Lipinski definition) is 0. The van der Waals surface area contributed by atoms with Crippen LogP contribution in [0, 0.1) is 27.4 Å². The maximum atomic E-state index is 14.4. The van der Waals surface area contributed by atoms with Gasteiger partial charge in [0.25, 0.3) is 0 Å². The van der Waals surface area contributed by atoms with E-state index < -0.39 is 86.9 Å². The van der Waals surface area contributed by atoms with Crippen LogP contribution in [0.25, 0.3) is 0 Å². The van der Waals surface area contributed by atoms with Crippen molar-refractivity contribution >= 4 is 51.5 Å². The molecule has 3 rings (SSSR count). The third-order valence-electron chi connectivity index (χ3n) is 4.38. The first-order chi connectivity index (χ1) is 15.9. The molecule has 0 atom stereocenters. The van der Waals surface area contributed by atoms with Crippen LogP contribution in [-0.2, 0) is 20.0 Å². The third kappa shape index (κ3) is 3.56. The number of hydrogen-bond acceptors (Lipinski definition) is 8. The van der Waals surface area contributed by atoms with Crippen LogP contribution in [0.2, 0.25) is 0 Å². The summed E-state index contributed by atoms with van der Waals surface area (Å²) in [6, 6.07) is 6.13. The molecule has 2 aromatic rings. The van der Waals surface area contributed by atoms with Crippen molar-refractivity contribution in [2.24, 2.45) is 0 Å². The molecule has 1 aliphatic rings. The fraction of sp³-hybridized carbons (Fsp3) is 0.200. The van der Waals surface area contributed by atoms with Gasteiger partial charge in [0.05, 0.1) is 0 Å². The van der Waals surface area contributed by atoms with Gasteiger partial charge in [-0.15, -0.1) is 0 Å². The molecule has 0 unspecified atom stereocenters. The van der Waals surface area contributed by atoms with Crippen molar-refractivity contribution < 1.29 is 53.0 Å². The minimum absolute atomic E-state index is 0.605. The van der Waals surface area contributed by atoms with Crippen molar-refractivity contribution in [2.75, 3.05) is 0 Å². The summed E-state index contributed by atoms with van der Waals surface area (Å²) in [6.45, 7) is 0. The third-order valence-corrected chi connectivity index (χ3v) is 17.9. The van der Waals surface area contributed by atoms with Gasteiger partial charge in [0.1, 0.15) is 0 Å². The molecule has 35 heavy (non-hydrogen) atoms. The van der Waals surface area contributed by atoms with Gasteiger partial charge < -0.3 is 0 Å². The molecule has 1 fully saturated rings. The molecular formula is C15H8F6IN3O8S2. The Labute approximate surface area is 198 Å². The van der Waals surface area contributed by atoms with Crippen LogP contribution in [0.1, 0.15) is 0 Å². The Bertz CT molecular complexity index is 1350. The quantitative estimate of drug-likeness (QED) is 0.154. The van der Waals surface area contributed by atoms with Crippen LogP contribution in [0.5, 0.6) is 0 Å². The molecule has 0 saturated carbocycles. The summed E-state index contributed by atoms with van der Waals surface area (Å²) in [5, 5.41) is 9.56. The Morgan fingerprint density at radius 3 is 1.31 bits per heavy atom. The average molecular weight is 663 g/mol. The molecule has 0 bridgehead atoms. The molecule has 1 saturated heterocycles. The fourth-order valence-corrected chi connectivity index (χ4v) is 17.0. The summed E-state index contributed by atoms with van der Waals surface area (Å²) in [5.74, 6) is -6.96. The zero-order chi connectivity index (χ0) is 26.8. The van der Waals surface area contributed by atoms with Crippen molar-refractivity contribution in [2.45, 2.75) is 16.4 Å². The normalized spacial score (nSPS) is 22.2. The number of halogens is 7. The first kappa shape index (κ1) is 27.0.